The Bertz CT molecular complexity index is 1170. The van der Waals surface area contributed by atoms with E-state index in [1.165, 1.54) is 24.4 Å². The van der Waals surface area contributed by atoms with Crippen LogP contribution in [0.2, 0.25) is 0 Å². The maximum Gasteiger partial charge on any atom is 0.273 e. The average molecular weight is 425 g/mol. The maximum atomic E-state index is 13.7. The second kappa shape index (κ2) is 9.32. The van der Waals surface area contributed by atoms with E-state index in [9.17, 15) is 17.6 Å². The Morgan fingerprint density at radius 3 is 2.33 bits per heavy atom. The molecule has 0 aliphatic carbocycles. The minimum Gasteiger partial charge on any atom is -0.267 e. The van der Waals surface area contributed by atoms with Gasteiger partial charge in [-0.25, -0.2) is 18.2 Å². The smallest absolute Gasteiger partial charge is 0.267 e. The summed E-state index contributed by atoms with van der Waals surface area (Å²) >= 11 is 0. The van der Waals surface area contributed by atoms with E-state index >= 15 is 0 Å². The lowest BCUT2D eigenvalue weighted by Gasteiger charge is -2.24. The van der Waals surface area contributed by atoms with Crippen LogP contribution in [0.4, 0.5) is 10.1 Å². The van der Waals surface area contributed by atoms with E-state index in [-0.39, 0.29) is 23.4 Å². The highest BCUT2D eigenvalue weighted by atomic mass is 32.2. The number of hydrazone groups is 1. The second-order valence-electron chi connectivity index (χ2n) is 6.49. The molecular weight excluding hydrogens is 405 g/mol. The number of sulfonamides is 1. The Morgan fingerprint density at radius 1 is 1.00 bits per heavy atom. The average Bonchev–Trinajstić information content (AvgIpc) is 2.73. The molecule has 0 saturated carbocycles. The Kier molecular flexibility index (Phi) is 6.58. The van der Waals surface area contributed by atoms with Gasteiger partial charge in [0, 0.05) is 5.56 Å². The van der Waals surface area contributed by atoms with Crippen molar-refractivity contribution < 1.29 is 17.6 Å². The van der Waals surface area contributed by atoms with E-state index in [2.05, 4.69) is 10.5 Å². The first-order valence-corrected chi connectivity index (χ1v) is 10.9. The van der Waals surface area contributed by atoms with Gasteiger partial charge in [0.25, 0.3) is 5.91 Å². The van der Waals surface area contributed by atoms with E-state index in [0.717, 1.165) is 16.1 Å². The molecule has 3 aromatic rings. The standard InChI is InChI=1S/C22H20FN3O3S/c1-30(28,29)26(16-17-9-3-2-4-10-17)21-14-8-6-12-19(21)22(27)25-24-15-18-11-5-7-13-20(18)23/h2-15H,16H2,1H3,(H,25,27)/b24-15+. The SMILES string of the molecule is CS(=O)(=O)N(Cc1ccccc1)c1ccccc1C(=O)N/N=C/c1ccccc1F. The normalized spacial score (nSPS) is 11.4. The minimum atomic E-state index is -3.68. The van der Waals surface area contributed by atoms with Gasteiger partial charge < -0.3 is 0 Å². The van der Waals surface area contributed by atoms with Crippen LogP contribution >= 0.6 is 0 Å². The maximum absolute atomic E-state index is 13.7. The second-order valence-corrected chi connectivity index (χ2v) is 8.40. The molecule has 0 aliphatic heterocycles. The van der Waals surface area contributed by atoms with Crippen LogP contribution in [0.5, 0.6) is 0 Å². The molecule has 0 bridgehead atoms. The fourth-order valence-corrected chi connectivity index (χ4v) is 3.71. The van der Waals surface area contributed by atoms with Crippen molar-refractivity contribution in [1.82, 2.24) is 5.43 Å². The number of carbonyl (C=O) groups excluding carboxylic acids is 1. The highest BCUT2D eigenvalue weighted by Gasteiger charge is 2.23. The van der Waals surface area contributed by atoms with Crippen LogP contribution in [0.1, 0.15) is 21.5 Å². The van der Waals surface area contributed by atoms with Gasteiger partial charge in [-0.2, -0.15) is 5.10 Å². The number of rotatable bonds is 7. The number of nitrogens with one attached hydrogen (secondary N) is 1. The number of amides is 1. The summed E-state index contributed by atoms with van der Waals surface area (Å²) in [6, 6.07) is 21.4. The minimum absolute atomic E-state index is 0.0719. The van der Waals surface area contributed by atoms with Crippen LogP contribution in [0.15, 0.2) is 84.0 Å². The van der Waals surface area contributed by atoms with Gasteiger partial charge >= 0.3 is 0 Å². The monoisotopic (exact) mass is 425 g/mol. The summed E-state index contributed by atoms with van der Waals surface area (Å²) < 4.78 is 39.8. The van der Waals surface area contributed by atoms with Gasteiger partial charge in [0.2, 0.25) is 10.0 Å². The highest BCUT2D eigenvalue weighted by molar-refractivity contribution is 7.92. The Balaban J connectivity index is 1.87. The number of anilines is 1. The Hall–Kier alpha value is -3.52. The van der Waals surface area contributed by atoms with Gasteiger partial charge in [-0.1, -0.05) is 60.7 Å². The zero-order chi connectivity index (χ0) is 21.6. The van der Waals surface area contributed by atoms with Crippen molar-refractivity contribution in [2.24, 2.45) is 5.10 Å². The van der Waals surface area contributed by atoms with Crippen LogP contribution < -0.4 is 9.73 Å². The predicted octanol–water partition coefficient (Wildman–Crippen LogP) is 3.56. The van der Waals surface area contributed by atoms with Crippen LogP contribution in [-0.4, -0.2) is 26.8 Å². The third-order valence-electron chi connectivity index (χ3n) is 4.26. The van der Waals surface area contributed by atoms with Crippen molar-refractivity contribution in [2.75, 3.05) is 10.6 Å². The first kappa shape index (κ1) is 21.2. The summed E-state index contributed by atoms with van der Waals surface area (Å²) in [6.45, 7) is 0.0719. The number of halogens is 1. The molecule has 0 saturated heterocycles. The Morgan fingerprint density at radius 2 is 1.63 bits per heavy atom. The third kappa shape index (κ3) is 5.30. The topological polar surface area (TPSA) is 78.8 Å². The van der Waals surface area contributed by atoms with Crippen molar-refractivity contribution in [3.63, 3.8) is 0 Å². The first-order chi connectivity index (χ1) is 14.4. The number of nitrogens with zero attached hydrogens (tertiary/aromatic N) is 2. The molecule has 0 aliphatic rings. The number of para-hydroxylation sites is 1. The first-order valence-electron chi connectivity index (χ1n) is 9.05. The molecule has 0 heterocycles. The van der Waals surface area contributed by atoms with E-state index in [0.29, 0.717) is 0 Å². The highest BCUT2D eigenvalue weighted by Crippen LogP contribution is 2.25. The number of hydrogen-bond acceptors (Lipinski definition) is 4. The quantitative estimate of drug-likeness (QED) is 0.464. The van der Waals surface area contributed by atoms with Gasteiger partial charge in [-0.05, 0) is 23.8 Å². The molecular formula is C22H20FN3O3S. The van der Waals surface area contributed by atoms with Crippen LogP contribution in [-0.2, 0) is 16.6 Å². The zero-order valence-electron chi connectivity index (χ0n) is 16.2. The molecule has 6 nitrogen and oxygen atoms in total. The molecule has 0 fully saturated rings. The van der Waals surface area contributed by atoms with E-state index in [1.807, 2.05) is 18.2 Å². The summed E-state index contributed by atoms with van der Waals surface area (Å²) in [5.41, 5.74) is 3.67. The van der Waals surface area contributed by atoms with Gasteiger partial charge in [0.05, 0.1) is 30.3 Å². The molecule has 1 N–H and O–H groups in total. The van der Waals surface area contributed by atoms with Gasteiger partial charge in [-0.15, -0.1) is 0 Å². The third-order valence-corrected chi connectivity index (χ3v) is 5.39. The lowest BCUT2D eigenvalue weighted by molar-refractivity contribution is 0.0955. The molecule has 0 radical (unpaired) electrons. The van der Waals surface area contributed by atoms with Crippen molar-refractivity contribution in [3.05, 3.63) is 101 Å². The van der Waals surface area contributed by atoms with Crippen molar-refractivity contribution in [1.29, 1.82) is 0 Å². The molecule has 30 heavy (non-hydrogen) atoms. The molecule has 1 amide bonds. The van der Waals surface area contributed by atoms with Crippen LogP contribution in [0, 0.1) is 5.82 Å². The predicted molar refractivity (Wildman–Crippen MR) is 115 cm³/mol. The number of hydrogen-bond donors (Lipinski definition) is 1. The molecule has 0 aromatic heterocycles. The lowest BCUT2D eigenvalue weighted by Crippen LogP contribution is -2.32. The van der Waals surface area contributed by atoms with E-state index in [1.54, 1.807) is 42.5 Å². The zero-order valence-corrected chi connectivity index (χ0v) is 17.0. The van der Waals surface area contributed by atoms with Gasteiger partial charge in [0.1, 0.15) is 5.82 Å². The molecule has 0 atom stereocenters. The molecule has 3 aromatic carbocycles. The largest absolute Gasteiger partial charge is 0.273 e. The molecule has 0 spiro atoms. The number of carbonyl (C=O) groups is 1. The van der Waals surface area contributed by atoms with Gasteiger partial charge in [-0.3, -0.25) is 9.10 Å². The summed E-state index contributed by atoms with van der Waals surface area (Å²) in [5.74, 6) is -1.08. The fraction of sp³-hybridized carbons (Fsp3) is 0.0909. The van der Waals surface area contributed by atoms with Crippen molar-refractivity contribution in [3.8, 4) is 0 Å². The molecule has 0 unspecified atom stereocenters. The van der Waals surface area contributed by atoms with E-state index in [4.69, 9.17) is 0 Å². The lowest BCUT2D eigenvalue weighted by atomic mass is 10.1. The molecule has 3 rings (SSSR count). The summed E-state index contributed by atoms with van der Waals surface area (Å²) in [6.07, 6.45) is 2.27. The van der Waals surface area contributed by atoms with Crippen LogP contribution in [0.3, 0.4) is 0 Å². The summed E-state index contributed by atoms with van der Waals surface area (Å²) in [4.78, 5) is 12.7. The molecule has 154 valence electrons. The fourth-order valence-electron chi connectivity index (χ4n) is 2.81. The van der Waals surface area contributed by atoms with Gasteiger partial charge in [0.15, 0.2) is 0 Å². The van der Waals surface area contributed by atoms with Crippen molar-refractivity contribution in [2.45, 2.75) is 6.54 Å². The van der Waals surface area contributed by atoms with Crippen LogP contribution in [0.25, 0.3) is 0 Å². The number of benzene rings is 3. The summed E-state index contributed by atoms with van der Waals surface area (Å²) in [5, 5.41) is 3.79. The van der Waals surface area contributed by atoms with E-state index < -0.39 is 21.7 Å². The van der Waals surface area contributed by atoms with Crippen molar-refractivity contribution >= 4 is 27.8 Å². The molecule has 8 heteroatoms. The summed E-state index contributed by atoms with van der Waals surface area (Å²) in [7, 11) is -3.68. The Labute approximate surface area is 174 Å².